The highest BCUT2D eigenvalue weighted by atomic mass is 16.2. The second kappa shape index (κ2) is 15.6. The molecule has 1 aromatic carbocycles. The number of carbonyl (C=O) groups excluding carboxylic acids is 4. The first-order valence-electron chi connectivity index (χ1n) is 15.0. The first kappa shape index (κ1) is 33.0. The van der Waals surface area contributed by atoms with Gasteiger partial charge in [0.1, 0.15) is 6.04 Å². The lowest BCUT2D eigenvalue weighted by atomic mass is 9.43. The smallest absolute Gasteiger partial charge is 0.239 e. The van der Waals surface area contributed by atoms with E-state index < -0.39 is 35.9 Å². The van der Waals surface area contributed by atoms with E-state index in [0.717, 1.165) is 30.7 Å². The molecular formula is C30H48N8O4. The van der Waals surface area contributed by atoms with Crippen LogP contribution in [-0.2, 0) is 25.6 Å². The zero-order chi connectivity index (χ0) is 30.7. The summed E-state index contributed by atoms with van der Waals surface area (Å²) in [5, 5.41) is 5.60. The van der Waals surface area contributed by atoms with Crippen LogP contribution in [-0.4, -0.2) is 60.7 Å². The molecular weight excluding hydrogens is 536 g/mol. The van der Waals surface area contributed by atoms with Crippen molar-refractivity contribution in [1.29, 1.82) is 0 Å². The molecule has 0 spiro atoms. The Bertz CT molecular complexity index is 1090. The summed E-state index contributed by atoms with van der Waals surface area (Å²) in [5.74, 6) is -1.85. The number of aliphatic imine (C=N–C) groups is 1. The van der Waals surface area contributed by atoms with E-state index in [1.165, 1.54) is 0 Å². The Kier molecular flexibility index (Phi) is 12.3. The van der Waals surface area contributed by atoms with Crippen molar-refractivity contribution in [3.63, 3.8) is 0 Å². The molecule has 3 aliphatic rings. The molecule has 2 bridgehead atoms. The van der Waals surface area contributed by atoms with Gasteiger partial charge in [-0.15, -0.1) is 0 Å². The van der Waals surface area contributed by atoms with Crippen molar-refractivity contribution in [2.75, 3.05) is 13.1 Å². The Morgan fingerprint density at radius 3 is 2.12 bits per heavy atom. The third-order valence-electron chi connectivity index (χ3n) is 8.56. The maximum atomic E-state index is 13.7. The van der Waals surface area contributed by atoms with Crippen LogP contribution in [0.2, 0.25) is 0 Å². The molecule has 3 amide bonds. The largest absolute Gasteiger partial charge is 0.370 e. The maximum Gasteiger partial charge on any atom is 0.239 e. The molecule has 3 saturated carbocycles. The lowest BCUT2D eigenvalue weighted by molar-refractivity contribution is -0.138. The van der Waals surface area contributed by atoms with Crippen LogP contribution in [0.15, 0.2) is 35.3 Å². The number of benzene rings is 1. The standard InChI is InChI=1S/C30H48N8O4/c31-11-5-4-9-24(26(33)40)38-27(41)21(13-19-7-2-1-3-8-19)14-25(39)23(10-6-12-36-29(34)35)37-28(42)22(32)18-30-15-20(16-30)17-30/h1-3,7-8,20-24H,4-6,9-18,31-32H2,(H2,33,40)(H,37,42)(H,38,41)(H4,34,35,36)/t20?,21-,22+,23-,24+,30?/m1/s1. The average molecular weight is 585 g/mol. The number of amides is 3. The van der Waals surface area contributed by atoms with E-state index in [4.69, 9.17) is 28.7 Å². The number of hydrogen-bond acceptors (Lipinski definition) is 7. The molecule has 4 rings (SSSR count). The summed E-state index contributed by atoms with van der Waals surface area (Å²) in [5.41, 5.74) is 29.3. The number of nitrogens with two attached hydrogens (primary N) is 5. The zero-order valence-corrected chi connectivity index (χ0v) is 24.4. The number of rotatable bonds is 20. The van der Waals surface area contributed by atoms with E-state index in [0.29, 0.717) is 38.6 Å². The molecule has 1 aromatic rings. The minimum Gasteiger partial charge on any atom is -0.370 e. The fraction of sp³-hybridized carbons (Fsp3) is 0.633. The number of nitrogens with one attached hydrogen (secondary N) is 2. The van der Waals surface area contributed by atoms with Crippen molar-refractivity contribution in [2.24, 2.45) is 50.9 Å². The van der Waals surface area contributed by atoms with Crippen LogP contribution in [0, 0.1) is 17.3 Å². The molecule has 0 saturated heterocycles. The first-order chi connectivity index (χ1) is 20.0. The Balaban J connectivity index is 1.72. The van der Waals surface area contributed by atoms with Crippen LogP contribution in [0.1, 0.15) is 69.8 Å². The summed E-state index contributed by atoms with van der Waals surface area (Å²) < 4.78 is 0. The monoisotopic (exact) mass is 584 g/mol. The van der Waals surface area contributed by atoms with Crippen molar-refractivity contribution in [3.8, 4) is 0 Å². The van der Waals surface area contributed by atoms with E-state index in [9.17, 15) is 19.2 Å². The molecule has 12 nitrogen and oxygen atoms in total. The van der Waals surface area contributed by atoms with Crippen LogP contribution >= 0.6 is 0 Å². The second-order valence-corrected chi connectivity index (χ2v) is 12.1. The van der Waals surface area contributed by atoms with Gasteiger partial charge in [-0.2, -0.15) is 0 Å². The van der Waals surface area contributed by atoms with Gasteiger partial charge in [-0.25, -0.2) is 0 Å². The number of primary amides is 1. The van der Waals surface area contributed by atoms with Crippen LogP contribution in [0.25, 0.3) is 0 Å². The average Bonchev–Trinajstić information content (AvgIpc) is 2.90. The lowest BCUT2D eigenvalue weighted by Gasteiger charge is -2.62. The van der Waals surface area contributed by atoms with Crippen molar-refractivity contribution in [2.45, 2.75) is 88.8 Å². The Labute approximate surface area is 248 Å². The normalized spacial score (nSPS) is 21.4. The topological polar surface area (TPSA) is 235 Å². The molecule has 0 radical (unpaired) electrons. The number of nitrogens with zero attached hydrogens (tertiary/aromatic N) is 1. The molecule has 4 atom stereocenters. The number of hydrogen-bond donors (Lipinski definition) is 7. The molecule has 3 fully saturated rings. The molecule has 0 unspecified atom stereocenters. The van der Waals surface area contributed by atoms with Crippen molar-refractivity contribution in [1.82, 2.24) is 10.6 Å². The van der Waals surface area contributed by atoms with Crippen LogP contribution in [0.4, 0.5) is 0 Å². The highest BCUT2D eigenvalue weighted by molar-refractivity contribution is 5.94. The zero-order valence-electron chi connectivity index (χ0n) is 24.4. The first-order valence-corrected chi connectivity index (χ1v) is 15.0. The lowest BCUT2D eigenvalue weighted by Crippen LogP contribution is -2.57. The van der Waals surface area contributed by atoms with Crippen molar-refractivity contribution < 1.29 is 19.2 Å². The summed E-state index contributed by atoms with van der Waals surface area (Å²) in [6, 6.07) is 6.86. The fourth-order valence-corrected chi connectivity index (χ4v) is 6.17. The molecule has 3 aliphatic carbocycles. The van der Waals surface area contributed by atoms with Crippen LogP contribution in [0.3, 0.4) is 0 Å². The Morgan fingerprint density at radius 1 is 0.905 bits per heavy atom. The van der Waals surface area contributed by atoms with Gasteiger partial charge in [0.25, 0.3) is 0 Å². The van der Waals surface area contributed by atoms with E-state index in [2.05, 4.69) is 15.6 Å². The van der Waals surface area contributed by atoms with E-state index in [-0.39, 0.29) is 48.9 Å². The predicted molar refractivity (Wildman–Crippen MR) is 161 cm³/mol. The highest BCUT2D eigenvalue weighted by Crippen LogP contribution is 2.66. The number of unbranched alkanes of at least 4 members (excludes halogenated alkanes) is 1. The summed E-state index contributed by atoms with van der Waals surface area (Å²) in [6.07, 6.45) is 6.45. The Hall–Kier alpha value is -3.51. The molecule has 12 N–H and O–H groups in total. The van der Waals surface area contributed by atoms with Gasteiger partial charge < -0.3 is 39.3 Å². The van der Waals surface area contributed by atoms with Crippen LogP contribution < -0.4 is 39.3 Å². The third-order valence-corrected chi connectivity index (χ3v) is 8.56. The maximum absolute atomic E-state index is 13.7. The fourth-order valence-electron chi connectivity index (χ4n) is 6.17. The number of carbonyl (C=O) groups is 4. The Morgan fingerprint density at radius 2 is 1.55 bits per heavy atom. The van der Waals surface area contributed by atoms with Gasteiger partial charge in [0.05, 0.1) is 12.1 Å². The molecule has 232 valence electrons. The van der Waals surface area contributed by atoms with Crippen LogP contribution in [0.5, 0.6) is 0 Å². The number of guanidine groups is 1. The second-order valence-electron chi connectivity index (χ2n) is 12.1. The van der Waals surface area contributed by atoms with Gasteiger partial charge in [-0.3, -0.25) is 24.2 Å². The van der Waals surface area contributed by atoms with E-state index >= 15 is 0 Å². The molecule has 0 aliphatic heterocycles. The van der Waals surface area contributed by atoms with Gasteiger partial charge >= 0.3 is 0 Å². The van der Waals surface area contributed by atoms with Gasteiger partial charge in [0.2, 0.25) is 17.7 Å². The molecule has 0 aromatic heterocycles. The van der Waals surface area contributed by atoms with E-state index in [1.807, 2.05) is 30.3 Å². The number of Topliss-reactive ketones (excluding diaryl/α,β-unsaturated/α-hetero) is 1. The van der Waals surface area contributed by atoms with Gasteiger partial charge in [-0.05, 0) is 87.6 Å². The summed E-state index contributed by atoms with van der Waals surface area (Å²) >= 11 is 0. The van der Waals surface area contributed by atoms with Gasteiger partial charge in [0.15, 0.2) is 11.7 Å². The third kappa shape index (κ3) is 9.80. The summed E-state index contributed by atoms with van der Waals surface area (Å²) in [6.45, 7) is 0.752. The molecule has 12 heteroatoms. The van der Waals surface area contributed by atoms with Crippen molar-refractivity contribution >= 4 is 29.5 Å². The molecule has 0 heterocycles. The van der Waals surface area contributed by atoms with Crippen molar-refractivity contribution in [3.05, 3.63) is 35.9 Å². The minimum atomic E-state index is -0.873. The summed E-state index contributed by atoms with van der Waals surface area (Å²) in [7, 11) is 0. The number of ketones is 1. The van der Waals surface area contributed by atoms with Gasteiger partial charge in [-0.1, -0.05) is 30.3 Å². The SMILES string of the molecule is NCCCC[C@H](NC(=O)[C@@H](CC(=O)[C@@H](CCCN=C(N)N)NC(=O)[C@@H](N)CC12CC(C1)C2)Cc1ccccc1)C(N)=O. The summed E-state index contributed by atoms with van der Waals surface area (Å²) in [4.78, 5) is 56.3. The predicted octanol–water partition coefficient (Wildman–Crippen LogP) is -0.0405. The minimum absolute atomic E-state index is 0.0578. The molecule has 42 heavy (non-hydrogen) atoms. The quantitative estimate of drug-likeness (QED) is 0.0622. The van der Waals surface area contributed by atoms with Gasteiger partial charge in [0, 0.05) is 18.9 Å². The highest BCUT2D eigenvalue weighted by Gasteiger charge is 2.57. The van der Waals surface area contributed by atoms with E-state index in [1.54, 1.807) is 0 Å².